The lowest BCUT2D eigenvalue weighted by Gasteiger charge is -2.18. The minimum Gasteiger partial charge on any atom is -0.330 e. The van der Waals surface area contributed by atoms with Crippen molar-refractivity contribution in [2.45, 2.75) is 20.3 Å². The van der Waals surface area contributed by atoms with Crippen LogP contribution in [0.5, 0.6) is 0 Å². The van der Waals surface area contributed by atoms with Crippen LogP contribution in [0, 0.1) is 12.8 Å². The lowest BCUT2D eigenvalue weighted by atomic mass is 9.89. The van der Waals surface area contributed by atoms with E-state index >= 15 is 0 Å². The van der Waals surface area contributed by atoms with Gasteiger partial charge >= 0.3 is 0 Å². The van der Waals surface area contributed by atoms with Crippen LogP contribution in [0.1, 0.15) is 18.2 Å². The monoisotopic (exact) mass is 276 g/mol. The minimum absolute atomic E-state index is 0.197. The van der Waals surface area contributed by atoms with Crippen molar-refractivity contribution < 1.29 is 0 Å². The summed E-state index contributed by atoms with van der Waals surface area (Å²) in [6, 6.07) is 1.93. The number of rotatable bonds is 6. The minimum atomic E-state index is 0.197. The first-order valence-electron chi connectivity index (χ1n) is 6.30. The van der Waals surface area contributed by atoms with Gasteiger partial charge in [-0.15, -0.1) is 0 Å². The molecule has 0 bridgehead atoms. The van der Waals surface area contributed by atoms with Gasteiger partial charge in [0, 0.05) is 17.8 Å². The summed E-state index contributed by atoms with van der Waals surface area (Å²) in [7, 11) is 0. The van der Waals surface area contributed by atoms with Crippen molar-refractivity contribution >= 4 is 11.6 Å². The third-order valence-corrected chi connectivity index (χ3v) is 3.51. The van der Waals surface area contributed by atoms with Gasteiger partial charge in [-0.25, -0.2) is 0 Å². The van der Waals surface area contributed by atoms with Crippen LogP contribution < -0.4 is 5.73 Å². The number of nitrogens with two attached hydrogens (primary N) is 1. The van der Waals surface area contributed by atoms with E-state index in [4.69, 9.17) is 17.3 Å². The lowest BCUT2D eigenvalue weighted by molar-refractivity contribution is 0.618. The molecule has 0 saturated carbocycles. The molecule has 0 amide bonds. The standard InChI is InChI=1S/C16H21ClN2/c1-5-11(3)15(6-2)13(9-18)8-16-12(4)7-14(17)10-19-16/h5-7,10,13H,1-2,8-9,18H2,3-4H3/b15-11+/t13-/m1/s1. The third kappa shape index (κ3) is 4.05. The highest BCUT2D eigenvalue weighted by Gasteiger charge is 2.15. The number of nitrogens with zero attached hydrogens (tertiary/aromatic N) is 1. The van der Waals surface area contributed by atoms with E-state index in [0.717, 1.165) is 28.8 Å². The zero-order chi connectivity index (χ0) is 14.4. The maximum absolute atomic E-state index is 5.92. The van der Waals surface area contributed by atoms with Crippen LogP contribution in [0.2, 0.25) is 5.02 Å². The first-order valence-corrected chi connectivity index (χ1v) is 6.68. The molecule has 0 aliphatic carbocycles. The van der Waals surface area contributed by atoms with Crippen LogP contribution in [-0.4, -0.2) is 11.5 Å². The van der Waals surface area contributed by atoms with Gasteiger partial charge < -0.3 is 5.73 Å². The number of halogens is 1. The highest BCUT2D eigenvalue weighted by atomic mass is 35.5. The molecule has 0 radical (unpaired) electrons. The van der Waals surface area contributed by atoms with Gasteiger partial charge in [0.05, 0.1) is 5.02 Å². The Labute approximate surface area is 120 Å². The molecule has 2 N–H and O–H groups in total. The fourth-order valence-corrected chi connectivity index (χ4v) is 2.32. The molecule has 1 aromatic heterocycles. The van der Waals surface area contributed by atoms with E-state index in [2.05, 4.69) is 18.1 Å². The molecule has 102 valence electrons. The Morgan fingerprint density at radius 3 is 2.63 bits per heavy atom. The molecule has 0 spiro atoms. The van der Waals surface area contributed by atoms with Crippen molar-refractivity contribution in [3.8, 4) is 0 Å². The van der Waals surface area contributed by atoms with Gasteiger partial charge in [0.1, 0.15) is 0 Å². The Bertz CT molecular complexity index is 503. The van der Waals surface area contributed by atoms with Gasteiger partial charge in [-0.05, 0) is 49.6 Å². The van der Waals surface area contributed by atoms with Crippen LogP contribution in [0.4, 0.5) is 0 Å². The fraction of sp³-hybridized carbons (Fsp3) is 0.312. The molecule has 0 unspecified atom stereocenters. The normalized spacial score (nSPS) is 13.7. The average Bonchev–Trinajstić information content (AvgIpc) is 2.40. The molecule has 0 fully saturated rings. The van der Waals surface area contributed by atoms with Crippen molar-refractivity contribution in [2.24, 2.45) is 11.7 Å². The predicted molar refractivity (Wildman–Crippen MR) is 83.3 cm³/mol. The van der Waals surface area contributed by atoms with Crippen LogP contribution in [0.25, 0.3) is 0 Å². The molecule has 19 heavy (non-hydrogen) atoms. The molecule has 0 aliphatic rings. The lowest BCUT2D eigenvalue weighted by Crippen LogP contribution is -2.20. The van der Waals surface area contributed by atoms with E-state index in [1.54, 1.807) is 6.20 Å². The third-order valence-electron chi connectivity index (χ3n) is 3.30. The topological polar surface area (TPSA) is 38.9 Å². The molecule has 1 rings (SSSR count). The molecule has 1 aromatic rings. The van der Waals surface area contributed by atoms with Crippen LogP contribution in [0.3, 0.4) is 0 Å². The Kier molecular flexibility index (Phi) is 6.00. The smallest absolute Gasteiger partial charge is 0.0592 e. The number of aromatic nitrogens is 1. The van der Waals surface area contributed by atoms with Crippen molar-refractivity contribution in [3.05, 3.63) is 65.0 Å². The molecule has 0 saturated heterocycles. The second-order valence-electron chi connectivity index (χ2n) is 4.60. The SMILES string of the molecule is C=C/C(C)=C(\C=C)[C@@H](CN)Cc1ncc(Cl)cc1C. The molecule has 2 nitrogen and oxygen atoms in total. The van der Waals surface area contributed by atoms with E-state index in [1.807, 2.05) is 32.1 Å². The fourth-order valence-electron chi connectivity index (χ4n) is 2.10. The molecule has 0 aromatic carbocycles. The summed E-state index contributed by atoms with van der Waals surface area (Å²) in [5, 5.41) is 0.660. The van der Waals surface area contributed by atoms with E-state index in [-0.39, 0.29) is 5.92 Å². The number of aryl methyl sites for hydroxylation is 1. The molecule has 3 heteroatoms. The maximum Gasteiger partial charge on any atom is 0.0592 e. The predicted octanol–water partition coefficient (Wildman–Crippen LogP) is 3.85. The van der Waals surface area contributed by atoms with Gasteiger partial charge in [0.2, 0.25) is 0 Å². The van der Waals surface area contributed by atoms with Crippen molar-refractivity contribution in [1.29, 1.82) is 0 Å². The number of pyridine rings is 1. The van der Waals surface area contributed by atoms with E-state index < -0.39 is 0 Å². The summed E-state index contributed by atoms with van der Waals surface area (Å²) in [6.45, 7) is 12.3. The van der Waals surface area contributed by atoms with Gasteiger partial charge in [0.25, 0.3) is 0 Å². The summed E-state index contributed by atoms with van der Waals surface area (Å²) >= 11 is 5.92. The van der Waals surface area contributed by atoms with Gasteiger partial charge in [0.15, 0.2) is 0 Å². The van der Waals surface area contributed by atoms with E-state index in [1.165, 1.54) is 0 Å². The van der Waals surface area contributed by atoms with Gasteiger partial charge in [-0.1, -0.05) is 36.9 Å². The highest BCUT2D eigenvalue weighted by Crippen LogP contribution is 2.22. The Balaban J connectivity index is 3.05. The summed E-state index contributed by atoms with van der Waals surface area (Å²) in [6.07, 6.45) is 6.16. The molecule has 0 aliphatic heterocycles. The number of allylic oxidation sites excluding steroid dienone is 3. The molecular weight excluding hydrogens is 256 g/mol. The van der Waals surface area contributed by atoms with Crippen molar-refractivity contribution in [3.63, 3.8) is 0 Å². The summed E-state index contributed by atoms with van der Waals surface area (Å²) in [5.74, 6) is 0.197. The Hall–Kier alpha value is -1.38. The first kappa shape index (κ1) is 15.7. The quantitative estimate of drug-likeness (QED) is 0.802. The van der Waals surface area contributed by atoms with Crippen LogP contribution in [-0.2, 0) is 6.42 Å². The van der Waals surface area contributed by atoms with Crippen molar-refractivity contribution in [2.75, 3.05) is 6.54 Å². The molecular formula is C16H21ClN2. The van der Waals surface area contributed by atoms with E-state index in [9.17, 15) is 0 Å². The molecule has 1 atom stereocenters. The second kappa shape index (κ2) is 7.27. The summed E-state index contributed by atoms with van der Waals surface area (Å²) in [4.78, 5) is 4.40. The highest BCUT2D eigenvalue weighted by molar-refractivity contribution is 6.30. The van der Waals surface area contributed by atoms with Gasteiger partial charge in [-0.3, -0.25) is 4.98 Å². The van der Waals surface area contributed by atoms with Crippen LogP contribution >= 0.6 is 11.6 Å². The Morgan fingerprint density at radius 2 is 2.16 bits per heavy atom. The number of hydrogen-bond donors (Lipinski definition) is 1. The largest absolute Gasteiger partial charge is 0.330 e. The van der Waals surface area contributed by atoms with Crippen molar-refractivity contribution in [1.82, 2.24) is 4.98 Å². The second-order valence-corrected chi connectivity index (χ2v) is 5.04. The zero-order valence-electron chi connectivity index (χ0n) is 11.6. The van der Waals surface area contributed by atoms with E-state index in [0.29, 0.717) is 11.6 Å². The van der Waals surface area contributed by atoms with Gasteiger partial charge in [-0.2, -0.15) is 0 Å². The maximum atomic E-state index is 5.92. The molecule has 1 heterocycles. The zero-order valence-corrected chi connectivity index (χ0v) is 12.4. The Morgan fingerprint density at radius 1 is 1.47 bits per heavy atom. The van der Waals surface area contributed by atoms with Crippen LogP contribution in [0.15, 0.2) is 48.7 Å². The number of hydrogen-bond acceptors (Lipinski definition) is 2. The summed E-state index contributed by atoms with van der Waals surface area (Å²) < 4.78 is 0. The average molecular weight is 277 g/mol. The summed E-state index contributed by atoms with van der Waals surface area (Å²) in [5.41, 5.74) is 10.3. The first-order chi connectivity index (χ1) is 9.03.